The van der Waals surface area contributed by atoms with Gasteiger partial charge < -0.3 is 0 Å². The summed E-state index contributed by atoms with van der Waals surface area (Å²) in [7, 11) is 0. The molecule has 19 heavy (non-hydrogen) atoms. The average molecular weight is 256 g/mol. The van der Waals surface area contributed by atoms with Gasteiger partial charge in [-0.1, -0.05) is 6.42 Å². The molecular formula is C14H16N4O. The van der Waals surface area contributed by atoms with Gasteiger partial charge in [0.1, 0.15) is 0 Å². The van der Waals surface area contributed by atoms with Crippen LogP contribution in [0.4, 0.5) is 0 Å². The van der Waals surface area contributed by atoms with E-state index in [1.165, 1.54) is 17.3 Å². The Labute approximate surface area is 112 Å². The molecule has 5 heteroatoms. The molecule has 1 atom stereocenters. The van der Waals surface area contributed by atoms with Gasteiger partial charge in [-0.2, -0.15) is 10.5 Å². The Bertz CT molecular complexity index is 574. The zero-order valence-electron chi connectivity index (χ0n) is 10.7. The highest BCUT2D eigenvalue weighted by molar-refractivity contribution is 5.09. The lowest BCUT2D eigenvalue weighted by atomic mass is 9.83. The van der Waals surface area contributed by atoms with Gasteiger partial charge in [-0.25, -0.2) is 4.98 Å². The van der Waals surface area contributed by atoms with Crippen molar-refractivity contribution < 1.29 is 0 Å². The standard InChI is InChI=1S/C14H16N4O/c15-6-2-3-11(8-16)9-18-10-17-13(7-14(18)19)12-4-1-5-12/h7,10-12H,1-5,9H2/t11-/m0/s1. The lowest BCUT2D eigenvalue weighted by Gasteiger charge is -2.24. The van der Waals surface area contributed by atoms with Crippen LogP contribution in [0.3, 0.4) is 0 Å². The highest BCUT2D eigenvalue weighted by atomic mass is 16.1. The predicted molar refractivity (Wildman–Crippen MR) is 69.0 cm³/mol. The third-order valence-corrected chi connectivity index (χ3v) is 3.63. The van der Waals surface area contributed by atoms with Crippen LogP contribution < -0.4 is 5.56 Å². The molecule has 1 saturated carbocycles. The van der Waals surface area contributed by atoms with Gasteiger partial charge in [-0.3, -0.25) is 9.36 Å². The summed E-state index contributed by atoms with van der Waals surface area (Å²) in [6, 6.07) is 5.74. The van der Waals surface area contributed by atoms with Crippen LogP contribution in [0.25, 0.3) is 0 Å². The number of nitriles is 2. The van der Waals surface area contributed by atoms with Crippen LogP contribution in [0, 0.1) is 28.6 Å². The van der Waals surface area contributed by atoms with E-state index in [0.29, 0.717) is 25.3 Å². The minimum atomic E-state index is -0.311. The SMILES string of the molecule is N#CCC[C@@H](C#N)Cn1cnc(C2CCC2)cc1=O. The molecular weight excluding hydrogens is 240 g/mol. The molecule has 1 aromatic rings. The minimum absolute atomic E-state index is 0.103. The fourth-order valence-electron chi connectivity index (χ4n) is 2.18. The lowest BCUT2D eigenvalue weighted by molar-refractivity contribution is 0.406. The van der Waals surface area contributed by atoms with Crippen molar-refractivity contribution in [2.24, 2.45) is 5.92 Å². The van der Waals surface area contributed by atoms with E-state index in [2.05, 4.69) is 11.1 Å². The third-order valence-electron chi connectivity index (χ3n) is 3.63. The average Bonchev–Trinajstić information content (AvgIpc) is 2.35. The molecule has 2 rings (SSSR count). The molecule has 0 saturated heterocycles. The van der Waals surface area contributed by atoms with Crippen LogP contribution in [-0.4, -0.2) is 9.55 Å². The molecule has 0 spiro atoms. The van der Waals surface area contributed by atoms with Crippen LogP contribution in [0.15, 0.2) is 17.2 Å². The van der Waals surface area contributed by atoms with Gasteiger partial charge in [0.2, 0.25) is 0 Å². The molecule has 0 N–H and O–H groups in total. The molecule has 1 fully saturated rings. The maximum Gasteiger partial charge on any atom is 0.253 e. The van der Waals surface area contributed by atoms with Crippen LogP contribution in [-0.2, 0) is 6.54 Å². The Kier molecular flexibility index (Phi) is 4.30. The number of nitrogens with zero attached hydrogens (tertiary/aromatic N) is 4. The van der Waals surface area contributed by atoms with Crippen molar-refractivity contribution in [3.8, 4) is 12.1 Å². The maximum absolute atomic E-state index is 12.0. The summed E-state index contributed by atoms with van der Waals surface area (Å²) in [5, 5.41) is 17.5. The van der Waals surface area contributed by atoms with Crippen LogP contribution in [0.1, 0.15) is 43.7 Å². The Hall–Kier alpha value is -2.14. The fraction of sp³-hybridized carbons (Fsp3) is 0.571. The van der Waals surface area contributed by atoms with Crippen LogP contribution >= 0.6 is 0 Å². The van der Waals surface area contributed by atoms with E-state index in [-0.39, 0.29) is 11.5 Å². The summed E-state index contributed by atoms with van der Waals surface area (Å²) in [5.41, 5.74) is 0.771. The fourth-order valence-corrected chi connectivity index (χ4v) is 2.18. The second-order valence-electron chi connectivity index (χ2n) is 4.96. The highest BCUT2D eigenvalue weighted by Gasteiger charge is 2.21. The molecule has 0 aliphatic heterocycles. The topological polar surface area (TPSA) is 82.5 Å². The zero-order chi connectivity index (χ0) is 13.7. The summed E-state index contributed by atoms with van der Waals surface area (Å²) >= 11 is 0. The van der Waals surface area contributed by atoms with Gasteiger partial charge in [0.15, 0.2) is 0 Å². The van der Waals surface area contributed by atoms with E-state index in [9.17, 15) is 4.79 Å². The first-order valence-corrected chi connectivity index (χ1v) is 6.57. The highest BCUT2D eigenvalue weighted by Crippen LogP contribution is 2.34. The summed E-state index contributed by atoms with van der Waals surface area (Å²) < 4.78 is 1.47. The van der Waals surface area contributed by atoms with Crippen molar-refractivity contribution in [3.63, 3.8) is 0 Å². The number of hydrogen-bond acceptors (Lipinski definition) is 4. The van der Waals surface area contributed by atoms with Crippen LogP contribution in [0.5, 0.6) is 0 Å². The minimum Gasteiger partial charge on any atom is -0.298 e. The first-order chi connectivity index (χ1) is 9.24. The number of aromatic nitrogens is 2. The van der Waals surface area contributed by atoms with Gasteiger partial charge in [0.25, 0.3) is 5.56 Å². The van der Waals surface area contributed by atoms with E-state index >= 15 is 0 Å². The number of rotatable bonds is 5. The molecule has 1 aromatic heterocycles. The monoisotopic (exact) mass is 256 g/mol. The van der Waals surface area contributed by atoms with E-state index in [1.807, 2.05) is 6.07 Å². The largest absolute Gasteiger partial charge is 0.298 e. The van der Waals surface area contributed by atoms with Crippen molar-refractivity contribution >= 4 is 0 Å². The molecule has 0 aromatic carbocycles. The van der Waals surface area contributed by atoms with E-state index in [0.717, 1.165) is 18.5 Å². The lowest BCUT2D eigenvalue weighted by Crippen LogP contribution is -2.25. The Balaban J connectivity index is 2.06. The summed E-state index contributed by atoms with van der Waals surface area (Å²) in [4.78, 5) is 16.3. The Morgan fingerprint density at radius 1 is 1.47 bits per heavy atom. The zero-order valence-corrected chi connectivity index (χ0v) is 10.7. The van der Waals surface area contributed by atoms with Gasteiger partial charge in [-0.05, 0) is 19.3 Å². The smallest absolute Gasteiger partial charge is 0.253 e. The Morgan fingerprint density at radius 3 is 2.79 bits per heavy atom. The molecule has 5 nitrogen and oxygen atoms in total. The van der Waals surface area contributed by atoms with Crippen molar-refractivity contribution in [1.29, 1.82) is 10.5 Å². The van der Waals surface area contributed by atoms with Crippen molar-refractivity contribution in [3.05, 3.63) is 28.4 Å². The van der Waals surface area contributed by atoms with Gasteiger partial charge in [0.05, 0.1) is 30.1 Å². The van der Waals surface area contributed by atoms with Crippen LogP contribution in [0.2, 0.25) is 0 Å². The molecule has 98 valence electrons. The Morgan fingerprint density at radius 2 is 2.26 bits per heavy atom. The van der Waals surface area contributed by atoms with Gasteiger partial charge in [-0.15, -0.1) is 0 Å². The first-order valence-electron chi connectivity index (χ1n) is 6.57. The summed E-state index contributed by atoms with van der Waals surface area (Å²) in [5.74, 6) is 0.126. The predicted octanol–water partition coefficient (Wildman–Crippen LogP) is 1.95. The normalized spacial score (nSPS) is 16.1. The molecule has 0 bridgehead atoms. The molecule has 1 aliphatic carbocycles. The number of hydrogen-bond donors (Lipinski definition) is 0. The maximum atomic E-state index is 12.0. The van der Waals surface area contributed by atoms with Gasteiger partial charge >= 0.3 is 0 Å². The summed E-state index contributed by atoms with van der Waals surface area (Å²) in [6.07, 6.45) is 5.79. The molecule has 0 amide bonds. The molecule has 1 aliphatic rings. The van der Waals surface area contributed by atoms with Crippen molar-refractivity contribution in [2.45, 2.75) is 44.6 Å². The van der Waals surface area contributed by atoms with E-state index in [4.69, 9.17) is 10.5 Å². The second kappa shape index (κ2) is 6.15. The van der Waals surface area contributed by atoms with Crippen molar-refractivity contribution in [1.82, 2.24) is 9.55 Å². The summed E-state index contributed by atoms with van der Waals surface area (Å²) in [6.45, 7) is 0.314. The van der Waals surface area contributed by atoms with E-state index < -0.39 is 0 Å². The van der Waals surface area contributed by atoms with Crippen molar-refractivity contribution in [2.75, 3.05) is 0 Å². The molecule has 0 unspecified atom stereocenters. The first kappa shape index (κ1) is 13.3. The van der Waals surface area contributed by atoms with E-state index in [1.54, 1.807) is 6.07 Å². The second-order valence-corrected chi connectivity index (χ2v) is 4.96. The third kappa shape index (κ3) is 3.20. The molecule has 1 heterocycles. The quantitative estimate of drug-likeness (QED) is 0.806. The van der Waals surface area contributed by atoms with Gasteiger partial charge in [0, 0.05) is 24.9 Å². The molecule has 0 radical (unpaired) electrons.